The van der Waals surface area contributed by atoms with Crippen LogP contribution in [0.25, 0.3) is 0 Å². The van der Waals surface area contributed by atoms with Gasteiger partial charge in [0.15, 0.2) is 11.6 Å². The largest absolute Gasteiger partial charge is 0.491 e. The van der Waals surface area contributed by atoms with E-state index in [4.69, 9.17) is 14.2 Å². The van der Waals surface area contributed by atoms with Gasteiger partial charge in [-0.2, -0.15) is 0 Å². The predicted molar refractivity (Wildman–Crippen MR) is 110 cm³/mol. The van der Waals surface area contributed by atoms with Crippen LogP contribution in [0.3, 0.4) is 0 Å². The van der Waals surface area contributed by atoms with Gasteiger partial charge in [-0.3, -0.25) is 4.90 Å². The van der Waals surface area contributed by atoms with Crippen molar-refractivity contribution in [2.24, 2.45) is 0 Å². The number of hydrogen-bond acceptors (Lipinski definition) is 5. The average molecular weight is 403 g/mol. The van der Waals surface area contributed by atoms with E-state index in [1.807, 2.05) is 19.1 Å². The first-order valence-electron chi connectivity index (χ1n) is 10.2. The quantitative estimate of drug-likeness (QED) is 0.614. The second-order valence-electron chi connectivity index (χ2n) is 7.41. The van der Waals surface area contributed by atoms with E-state index in [1.54, 1.807) is 18.2 Å². The molecule has 0 radical (unpaired) electrons. The van der Waals surface area contributed by atoms with Crippen molar-refractivity contribution < 1.29 is 23.7 Å². The summed E-state index contributed by atoms with van der Waals surface area (Å²) in [6.45, 7) is 6.27. The van der Waals surface area contributed by atoms with Gasteiger partial charge in [0.25, 0.3) is 0 Å². The molecule has 0 atom stereocenters. The van der Waals surface area contributed by atoms with Gasteiger partial charge in [0.1, 0.15) is 24.6 Å². The normalized spacial score (nSPS) is 16.5. The Morgan fingerprint density at radius 3 is 2.41 bits per heavy atom. The molecule has 0 amide bonds. The summed E-state index contributed by atoms with van der Waals surface area (Å²) < 4.78 is 30.1. The molecular weight excluding hydrogens is 373 g/mol. The molecule has 0 bridgehead atoms. The van der Waals surface area contributed by atoms with Crippen LogP contribution in [0.5, 0.6) is 11.5 Å². The van der Waals surface area contributed by atoms with Crippen molar-refractivity contribution in [3.05, 3.63) is 59.9 Å². The standard InChI is InChI=1S/C23H30FNO4/c1-2-27-15-16-28-20-9-7-19(8-10-20)17-25-13-11-23(26,12-14-25)18-29-22-6-4-3-5-21(22)24/h3-10,26H,2,11-18H2,1H3. The van der Waals surface area contributed by atoms with Crippen LogP contribution in [0.4, 0.5) is 4.39 Å². The highest BCUT2D eigenvalue weighted by Crippen LogP contribution is 2.26. The number of nitrogens with zero attached hydrogens (tertiary/aromatic N) is 1. The molecule has 0 unspecified atom stereocenters. The van der Waals surface area contributed by atoms with Crippen molar-refractivity contribution in [2.45, 2.75) is 31.9 Å². The Kier molecular flexibility index (Phi) is 7.86. The highest BCUT2D eigenvalue weighted by Gasteiger charge is 2.33. The molecule has 2 aromatic carbocycles. The molecule has 29 heavy (non-hydrogen) atoms. The minimum Gasteiger partial charge on any atom is -0.491 e. The molecule has 0 aromatic heterocycles. The molecule has 1 N–H and O–H groups in total. The number of hydrogen-bond donors (Lipinski definition) is 1. The maximum atomic E-state index is 13.7. The van der Waals surface area contributed by atoms with Gasteiger partial charge in [0.2, 0.25) is 0 Å². The van der Waals surface area contributed by atoms with Crippen molar-refractivity contribution in [3.63, 3.8) is 0 Å². The summed E-state index contributed by atoms with van der Waals surface area (Å²) in [6, 6.07) is 14.4. The molecule has 158 valence electrons. The number of halogens is 1. The summed E-state index contributed by atoms with van der Waals surface area (Å²) in [7, 11) is 0. The predicted octanol–water partition coefficient (Wildman–Crippen LogP) is 3.65. The second-order valence-corrected chi connectivity index (χ2v) is 7.41. The van der Waals surface area contributed by atoms with Gasteiger partial charge < -0.3 is 19.3 Å². The lowest BCUT2D eigenvalue weighted by molar-refractivity contribution is -0.0543. The van der Waals surface area contributed by atoms with Crippen LogP contribution in [-0.2, 0) is 11.3 Å². The maximum absolute atomic E-state index is 13.7. The molecule has 1 aliphatic rings. The SMILES string of the molecule is CCOCCOc1ccc(CN2CCC(O)(COc3ccccc3F)CC2)cc1. The van der Waals surface area contributed by atoms with Gasteiger partial charge in [-0.25, -0.2) is 4.39 Å². The Hall–Kier alpha value is -2.15. The van der Waals surface area contributed by atoms with Crippen LogP contribution in [0, 0.1) is 5.82 Å². The second kappa shape index (κ2) is 10.6. The van der Waals surface area contributed by atoms with Gasteiger partial charge in [-0.1, -0.05) is 24.3 Å². The fraction of sp³-hybridized carbons (Fsp3) is 0.478. The van der Waals surface area contributed by atoms with Gasteiger partial charge in [0, 0.05) is 26.2 Å². The topological polar surface area (TPSA) is 51.2 Å². The van der Waals surface area contributed by atoms with Crippen molar-refractivity contribution in [1.82, 2.24) is 4.90 Å². The average Bonchev–Trinajstić information content (AvgIpc) is 2.74. The first-order chi connectivity index (χ1) is 14.1. The first-order valence-corrected chi connectivity index (χ1v) is 10.2. The highest BCUT2D eigenvalue weighted by molar-refractivity contribution is 5.27. The Morgan fingerprint density at radius 2 is 1.72 bits per heavy atom. The van der Waals surface area contributed by atoms with Crippen LogP contribution in [0.2, 0.25) is 0 Å². The summed E-state index contributed by atoms with van der Waals surface area (Å²) in [4.78, 5) is 2.31. The summed E-state index contributed by atoms with van der Waals surface area (Å²) in [5.74, 6) is 0.623. The Morgan fingerprint density at radius 1 is 1.00 bits per heavy atom. The van der Waals surface area contributed by atoms with E-state index in [-0.39, 0.29) is 12.4 Å². The molecule has 5 nitrogen and oxygen atoms in total. The van der Waals surface area contributed by atoms with E-state index in [0.717, 1.165) is 25.4 Å². The molecule has 2 aromatic rings. The van der Waals surface area contributed by atoms with Crippen LogP contribution in [0.15, 0.2) is 48.5 Å². The summed E-state index contributed by atoms with van der Waals surface area (Å²) in [6.07, 6.45) is 1.19. The number of benzene rings is 2. The molecule has 0 aliphatic carbocycles. The van der Waals surface area contributed by atoms with Crippen LogP contribution in [0.1, 0.15) is 25.3 Å². The number of ether oxygens (including phenoxy) is 3. The molecule has 0 saturated carbocycles. The van der Waals surface area contributed by atoms with Crippen molar-refractivity contribution >= 4 is 0 Å². The molecule has 1 fully saturated rings. The Labute approximate surface area is 172 Å². The molecule has 1 saturated heterocycles. The monoisotopic (exact) mass is 403 g/mol. The van der Waals surface area contributed by atoms with Crippen LogP contribution in [-0.4, -0.2) is 55.1 Å². The van der Waals surface area contributed by atoms with Gasteiger partial charge >= 0.3 is 0 Å². The molecule has 6 heteroatoms. The lowest BCUT2D eigenvalue weighted by Crippen LogP contribution is -2.47. The first kappa shape index (κ1) is 21.6. The van der Waals surface area contributed by atoms with E-state index in [2.05, 4.69) is 17.0 Å². The summed E-state index contributed by atoms with van der Waals surface area (Å²) in [5, 5.41) is 10.8. The van der Waals surface area contributed by atoms with Crippen LogP contribution >= 0.6 is 0 Å². The maximum Gasteiger partial charge on any atom is 0.165 e. The van der Waals surface area contributed by atoms with E-state index >= 15 is 0 Å². The molecule has 1 aliphatic heterocycles. The number of likely N-dealkylation sites (tertiary alicyclic amines) is 1. The van der Waals surface area contributed by atoms with Gasteiger partial charge in [-0.05, 0) is 49.6 Å². The van der Waals surface area contributed by atoms with E-state index in [9.17, 15) is 9.50 Å². The van der Waals surface area contributed by atoms with Crippen LogP contribution < -0.4 is 9.47 Å². The molecule has 1 heterocycles. The zero-order chi connectivity index (χ0) is 20.5. The Balaban J connectivity index is 1.41. The van der Waals surface area contributed by atoms with E-state index in [1.165, 1.54) is 11.6 Å². The van der Waals surface area contributed by atoms with Crippen molar-refractivity contribution in [2.75, 3.05) is 39.5 Å². The zero-order valence-corrected chi connectivity index (χ0v) is 17.0. The van der Waals surface area contributed by atoms with E-state index < -0.39 is 11.4 Å². The lowest BCUT2D eigenvalue weighted by atomic mass is 9.92. The number of aliphatic hydroxyl groups is 1. The zero-order valence-electron chi connectivity index (χ0n) is 17.0. The third-order valence-electron chi connectivity index (χ3n) is 5.15. The highest BCUT2D eigenvalue weighted by atomic mass is 19.1. The molecular formula is C23H30FNO4. The fourth-order valence-corrected chi connectivity index (χ4v) is 3.36. The van der Waals surface area contributed by atoms with Gasteiger partial charge in [-0.15, -0.1) is 0 Å². The smallest absolute Gasteiger partial charge is 0.165 e. The Bertz CT molecular complexity index is 745. The number of piperidine rings is 1. The number of rotatable bonds is 10. The molecule has 3 rings (SSSR count). The lowest BCUT2D eigenvalue weighted by Gasteiger charge is -2.38. The van der Waals surface area contributed by atoms with Crippen molar-refractivity contribution in [1.29, 1.82) is 0 Å². The summed E-state index contributed by atoms with van der Waals surface area (Å²) >= 11 is 0. The summed E-state index contributed by atoms with van der Waals surface area (Å²) in [5.41, 5.74) is 0.284. The van der Waals surface area contributed by atoms with Gasteiger partial charge in [0.05, 0.1) is 6.61 Å². The third kappa shape index (κ3) is 6.70. The molecule has 0 spiro atoms. The van der Waals surface area contributed by atoms with Crippen molar-refractivity contribution in [3.8, 4) is 11.5 Å². The minimum atomic E-state index is -0.920. The fourth-order valence-electron chi connectivity index (χ4n) is 3.36. The third-order valence-corrected chi connectivity index (χ3v) is 5.15. The number of para-hydroxylation sites is 1. The minimum absolute atomic E-state index is 0.107. The van der Waals surface area contributed by atoms with E-state index in [0.29, 0.717) is 32.7 Å².